The van der Waals surface area contributed by atoms with Gasteiger partial charge in [-0.05, 0) is 49.3 Å². The summed E-state index contributed by atoms with van der Waals surface area (Å²) in [7, 11) is 3.61. The Hall–Kier alpha value is -4.23. The quantitative estimate of drug-likeness (QED) is 0.231. The molecule has 1 amide bonds. The molecule has 1 fully saturated rings. The Bertz CT molecular complexity index is 1610. The molecule has 0 bridgehead atoms. The number of Topliss-reactive ketones (excluding diaryl/α,β-unsaturated/α-hetero) is 2. The van der Waals surface area contributed by atoms with Crippen LogP contribution in [0.5, 0.6) is 5.75 Å². The van der Waals surface area contributed by atoms with E-state index in [2.05, 4.69) is 4.98 Å². The van der Waals surface area contributed by atoms with Crippen LogP contribution >= 0.6 is 11.3 Å². The van der Waals surface area contributed by atoms with E-state index >= 15 is 0 Å². The molecular formula is C29H31N3O9S. The Morgan fingerprint density at radius 2 is 1.90 bits per heavy atom. The maximum atomic E-state index is 13.8. The molecule has 0 saturated heterocycles. The SMILES string of the molecule is CCOC(=O)c1csc(CCc2cc(N(C)C)c3c(c2O)C(O)=C2C(=O)[C@]4(O)C(O)=C(C(N)=O)C(=O)C[C@@H]4C[C@@H]2C3)n1. The zero-order chi connectivity index (χ0) is 30.7. The lowest BCUT2D eigenvalue weighted by Crippen LogP contribution is -2.58. The summed E-state index contributed by atoms with van der Waals surface area (Å²) in [4.78, 5) is 56.3. The third-order valence-electron chi connectivity index (χ3n) is 8.25. The number of ketones is 2. The minimum Gasteiger partial charge on any atom is -0.508 e. The number of aromatic nitrogens is 1. The Labute approximate surface area is 244 Å². The van der Waals surface area contributed by atoms with Gasteiger partial charge in [0.25, 0.3) is 5.91 Å². The van der Waals surface area contributed by atoms with Gasteiger partial charge in [-0.25, -0.2) is 9.78 Å². The summed E-state index contributed by atoms with van der Waals surface area (Å²) in [5.74, 6) is -7.14. The molecule has 0 spiro atoms. The molecule has 13 heteroatoms. The molecule has 42 heavy (non-hydrogen) atoms. The predicted molar refractivity (Wildman–Crippen MR) is 151 cm³/mol. The number of anilines is 1. The third kappa shape index (κ3) is 4.43. The van der Waals surface area contributed by atoms with Gasteiger partial charge in [-0.1, -0.05) is 0 Å². The van der Waals surface area contributed by atoms with Gasteiger partial charge < -0.3 is 35.8 Å². The normalized spacial score (nSPS) is 23.3. The molecular weight excluding hydrogens is 566 g/mol. The molecule has 0 radical (unpaired) electrons. The first kappa shape index (κ1) is 29.3. The van der Waals surface area contributed by atoms with Crippen molar-refractivity contribution >= 4 is 46.2 Å². The Morgan fingerprint density at radius 1 is 1.19 bits per heavy atom. The van der Waals surface area contributed by atoms with Gasteiger partial charge in [-0.15, -0.1) is 11.3 Å². The van der Waals surface area contributed by atoms with E-state index in [9.17, 15) is 39.6 Å². The smallest absolute Gasteiger partial charge is 0.357 e. The third-order valence-corrected chi connectivity index (χ3v) is 9.15. The van der Waals surface area contributed by atoms with E-state index < -0.39 is 58.0 Å². The van der Waals surface area contributed by atoms with Crippen molar-refractivity contribution in [3.8, 4) is 5.75 Å². The molecule has 0 unspecified atom stereocenters. The van der Waals surface area contributed by atoms with Crippen molar-refractivity contribution in [1.82, 2.24) is 4.98 Å². The highest BCUT2D eigenvalue weighted by molar-refractivity contribution is 7.09. The second kappa shape index (κ2) is 10.6. The van der Waals surface area contributed by atoms with Crippen molar-refractivity contribution in [1.29, 1.82) is 0 Å². The molecule has 2 aromatic rings. The molecule has 1 aromatic heterocycles. The Kier molecular flexibility index (Phi) is 7.35. The maximum absolute atomic E-state index is 13.8. The number of phenols is 1. The van der Waals surface area contributed by atoms with Crippen LogP contribution in [-0.2, 0) is 38.4 Å². The number of ether oxygens (including phenoxy) is 1. The van der Waals surface area contributed by atoms with E-state index in [0.29, 0.717) is 28.2 Å². The molecule has 6 N–H and O–H groups in total. The van der Waals surface area contributed by atoms with Gasteiger partial charge in [0.1, 0.15) is 22.8 Å². The largest absolute Gasteiger partial charge is 0.508 e. The maximum Gasteiger partial charge on any atom is 0.357 e. The molecule has 5 rings (SSSR count). The summed E-state index contributed by atoms with van der Waals surface area (Å²) in [5.41, 5.74) is 3.59. The number of esters is 1. The lowest BCUT2D eigenvalue weighted by Gasteiger charge is -2.46. The minimum atomic E-state index is -2.62. The van der Waals surface area contributed by atoms with Crippen LogP contribution in [0.25, 0.3) is 5.76 Å². The van der Waals surface area contributed by atoms with Crippen LogP contribution in [0.4, 0.5) is 5.69 Å². The van der Waals surface area contributed by atoms with Gasteiger partial charge in [0, 0.05) is 49.5 Å². The first-order valence-electron chi connectivity index (χ1n) is 13.4. The van der Waals surface area contributed by atoms with E-state index in [-0.39, 0.29) is 54.9 Å². The molecule has 222 valence electrons. The number of rotatable bonds is 7. The lowest BCUT2D eigenvalue weighted by atomic mass is 9.59. The van der Waals surface area contributed by atoms with Gasteiger partial charge >= 0.3 is 5.97 Å². The molecule has 0 aliphatic heterocycles. The summed E-state index contributed by atoms with van der Waals surface area (Å²) in [6, 6.07) is 1.80. The molecule has 3 aliphatic carbocycles. The van der Waals surface area contributed by atoms with E-state index in [1.807, 2.05) is 4.90 Å². The summed E-state index contributed by atoms with van der Waals surface area (Å²) in [6.07, 6.45) is 0.555. The Morgan fingerprint density at radius 3 is 2.55 bits per heavy atom. The second-order valence-electron chi connectivity index (χ2n) is 10.9. The van der Waals surface area contributed by atoms with Gasteiger partial charge in [0.15, 0.2) is 17.1 Å². The monoisotopic (exact) mass is 597 g/mol. The Balaban J connectivity index is 1.56. The second-order valence-corrected chi connectivity index (χ2v) is 11.8. The van der Waals surface area contributed by atoms with Crippen molar-refractivity contribution in [2.45, 2.75) is 44.6 Å². The minimum absolute atomic E-state index is 0.0367. The van der Waals surface area contributed by atoms with Gasteiger partial charge in [0.05, 0.1) is 17.2 Å². The number of nitrogens with two attached hydrogens (primary N) is 1. The average molecular weight is 598 g/mol. The van der Waals surface area contributed by atoms with Crippen LogP contribution in [0.2, 0.25) is 0 Å². The van der Waals surface area contributed by atoms with Crippen LogP contribution in [-0.4, -0.2) is 75.2 Å². The molecule has 3 aliphatic rings. The van der Waals surface area contributed by atoms with Crippen molar-refractivity contribution < 1.29 is 44.3 Å². The number of aryl methyl sites for hydroxylation is 2. The summed E-state index contributed by atoms with van der Waals surface area (Å²) < 4.78 is 4.98. The number of nitrogens with zero attached hydrogens (tertiary/aromatic N) is 2. The predicted octanol–water partition coefficient (Wildman–Crippen LogP) is 1.91. The number of thiazole rings is 1. The fourth-order valence-electron chi connectivity index (χ4n) is 6.28. The number of carbonyl (C=O) groups excluding carboxylic acids is 4. The average Bonchev–Trinajstić information content (AvgIpc) is 3.39. The van der Waals surface area contributed by atoms with Crippen LogP contribution in [0.1, 0.15) is 52.0 Å². The molecule has 1 aromatic carbocycles. The summed E-state index contributed by atoms with van der Waals surface area (Å²) in [6.45, 7) is 1.93. The van der Waals surface area contributed by atoms with Crippen LogP contribution in [0.3, 0.4) is 0 Å². The van der Waals surface area contributed by atoms with Crippen LogP contribution in [0, 0.1) is 11.8 Å². The number of aliphatic hydroxyl groups excluding tert-OH is 2. The number of aliphatic hydroxyl groups is 3. The van der Waals surface area contributed by atoms with E-state index in [0.717, 1.165) is 0 Å². The number of benzene rings is 1. The highest BCUT2D eigenvalue weighted by Gasteiger charge is 2.60. The first-order chi connectivity index (χ1) is 19.8. The molecule has 1 saturated carbocycles. The number of amides is 1. The van der Waals surface area contributed by atoms with Crippen LogP contribution in [0.15, 0.2) is 28.4 Å². The number of hydrogen-bond acceptors (Lipinski definition) is 12. The fraction of sp³-hybridized carbons (Fsp3) is 0.414. The number of carbonyl (C=O) groups is 4. The fourth-order valence-corrected chi connectivity index (χ4v) is 7.05. The molecule has 12 nitrogen and oxygen atoms in total. The summed E-state index contributed by atoms with van der Waals surface area (Å²) in [5, 5.41) is 47.3. The zero-order valence-electron chi connectivity index (χ0n) is 23.3. The highest BCUT2D eigenvalue weighted by Crippen LogP contribution is 2.53. The number of hydrogen-bond donors (Lipinski definition) is 5. The van der Waals surface area contributed by atoms with Crippen molar-refractivity contribution in [2.24, 2.45) is 17.6 Å². The lowest BCUT2D eigenvalue weighted by molar-refractivity contribution is -0.147. The van der Waals surface area contributed by atoms with Crippen LogP contribution < -0.4 is 10.6 Å². The van der Waals surface area contributed by atoms with E-state index in [4.69, 9.17) is 10.5 Å². The van der Waals surface area contributed by atoms with Crippen molar-refractivity contribution in [3.63, 3.8) is 0 Å². The first-order valence-corrected chi connectivity index (χ1v) is 14.3. The van der Waals surface area contributed by atoms with Gasteiger partial charge in [-0.2, -0.15) is 0 Å². The number of fused-ring (bicyclic) bond motifs is 3. The molecule has 1 heterocycles. The topological polar surface area (TPSA) is 201 Å². The van der Waals surface area contributed by atoms with E-state index in [1.165, 1.54) is 11.3 Å². The van der Waals surface area contributed by atoms with Crippen molar-refractivity contribution in [3.05, 3.63) is 55.7 Å². The molecule has 3 atom stereocenters. The zero-order valence-corrected chi connectivity index (χ0v) is 24.1. The highest BCUT2D eigenvalue weighted by atomic mass is 32.1. The number of aromatic hydroxyl groups is 1. The number of phenolic OH excluding ortho intramolecular Hbond substituents is 1. The number of primary amides is 1. The van der Waals surface area contributed by atoms with Gasteiger partial charge in [-0.3, -0.25) is 14.4 Å². The standard InChI is InChI=1S/C29H31N3O9S/c1-4-41-28(39)16-11-42-19(31-16)6-5-12-9-17(32(2)3)15-8-13-7-14-10-18(33)22(27(30)38)26(37)29(14,40)25(36)20(13)24(35)21(15)23(12)34/h9,11,13-14,34-35,37,40H,4-8,10H2,1-3H3,(H2,30,38)/t13-,14+,29+/m1/s1. The van der Waals surface area contributed by atoms with Crippen molar-refractivity contribution in [2.75, 3.05) is 25.6 Å². The van der Waals surface area contributed by atoms with Gasteiger partial charge in [0.2, 0.25) is 5.78 Å². The summed E-state index contributed by atoms with van der Waals surface area (Å²) >= 11 is 1.28. The van der Waals surface area contributed by atoms with E-state index in [1.54, 1.807) is 32.5 Å².